The quantitative estimate of drug-likeness (QED) is 0.623. The molecule has 1 fully saturated rings. The maximum absolute atomic E-state index is 11.9. The van der Waals surface area contributed by atoms with Gasteiger partial charge in [0.1, 0.15) is 5.78 Å². The number of hydrogen-bond acceptors (Lipinski definition) is 5. The van der Waals surface area contributed by atoms with Crippen LogP contribution >= 0.6 is 11.3 Å². The molecule has 0 aliphatic heterocycles. The van der Waals surface area contributed by atoms with Gasteiger partial charge in [-0.25, -0.2) is 0 Å². The first-order chi connectivity index (χ1) is 11.5. The number of nitrogens with one attached hydrogen (secondary N) is 1. The van der Waals surface area contributed by atoms with E-state index >= 15 is 0 Å². The SMILES string of the molecule is Cc1ccc(C(=O)CCC(=O)CCC(=O)NCCN(C)C2CC2)s1. The van der Waals surface area contributed by atoms with Crippen molar-refractivity contribution in [1.82, 2.24) is 10.2 Å². The van der Waals surface area contributed by atoms with Gasteiger partial charge >= 0.3 is 0 Å². The van der Waals surface area contributed by atoms with Gasteiger partial charge in [0.05, 0.1) is 4.88 Å². The summed E-state index contributed by atoms with van der Waals surface area (Å²) in [6, 6.07) is 4.40. The van der Waals surface area contributed by atoms with Crippen molar-refractivity contribution in [1.29, 1.82) is 0 Å². The van der Waals surface area contributed by atoms with Crippen LogP contribution in [0.15, 0.2) is 12.1 Å². The van der Waals surface area contributed by atoms with Gasteiger partial charge in [-0.2, -0.15) is 0 Å². The third-order valence-electron chi connectivity index (χ3n) is 4.23. The summed E-state index contributed by atoms with van der Waals surface area (Å²) in [5.41, 5.74) is 0. The van der Waals surface area contributed by atoms with Crippen LogP contribution in [0.25, 0.3) is 0 Å². The molecule has 1 N–H and O–H groups in total. The largest absolute Gasteiger partial charge is 0.355 e. The Morgan fingerprint density at radius 2 is 1.88 bits per heavy atom. The fourth-order valence-corrected chi connectivity index (χ4v) is 3.33. The summed E-state index contributed by atoms with van der Waals surface area (Å²) in [6.45, 7) is 3.42. The third-order valence-corrected chi connectivity index (χ3v) is 5.28. The summed E-state index contributed by atoms with van der Waals surface area (Å²) >= 11 is 1.45. The highest BCUT2D eigenvalue weighted by molar-refractivity contribution is 7.14. The molecule has 24 heavy (non-hydrogen) atoms. The van der Waals surface area contributed by atoms with E-state index in [1.807, 2.05) is 13.0 Å². The minimum atomic E-state index is -0.0900. The fourth-order valence-electron chi connectivity index (χ4n) is 2.50. The van der Waals surface area contributed by atoms with Crippen molar-refractivity contribution in [3.8, 4) is 0 Å². The summed E-state index contributed by atoms with van der Waals surface area (Å²) in [4.78, 5) is 39.6. The molecule has 6 heteroatoms. The van der Waals surface area contributed by atoms with Gasteiger partial charge in [-0.15, -0.1) is 11.3 Å². The molecule has 0 spiro atoms. The minimum Gasteiger partial charge on any atom is -0.355 e. The topological polar surface area (TPSA) is 66.5 Å². The molecule has 1 aliphatic rings. The Morgan fingerprint density at radius 1 is 1.17 bits per heavy atom. The molecule has 1 amide bonds. The first-order valence-corrected chi connectivity index (χ1v) is 9.35. The zero-order valence-corrected chi connectivity index (χ0v) is 15.3. The minimum absolute atomic E-state index is 0.00835. The molecule has 0 unspecified atom stereocenters. The Labute approximate surface area is 147 Å². The lowest BCUT2D eigenvalue weighted by Gasteiger charge is -2.15. The zero-order chi connectivity index (χ0) is 17.5. The first-order valence-electron chi connectivity index (χ1n) is 8.54. The average Bonchev–Trinajstić information content (AvgIpc) is 3.32. The number of carbonyl (C=O) groups excluding carboxylic acids is 3. The highest BCUT2D eigenvalue weighted by atomic mass is 32.1. The van der Waals surface area contributed by atoms with Gasteiger partial charge in [0.15, 0.2) is 5.78 Å². The highest BCUT2D eigenvalue weighted by Gasteiger charge is 2.25. The lowest BCUT2D eigenvalue weighted by atomic mass is 10.1. The average molecular weight is 350 g/mol. The van der Waals surface area contributed by atoms with Crippen LogP contribution in [0.1, 0.15) is 53.1 Å². The summed E-state index contributed by atoms with van der Waals surface area (Å²) in [5, 5.41) is 2.85. The Hall–Kier alpha value is -1.53. The molecule has 1 heterocycles. The van der Waals surface area contributed by atoms with E-state index in [1.165, 1.54) is 24.2 Å². The van der Waals surface area contributed by atoms with Crippen molar-refractivity contribution >= 4 is 28.8 Å². The second-order valence-corrected chi connectivity index (χ2v) is 7.72. The lowest BCUT2D eigenvalue weighted by molar-refractivity contribution is -0.125. The van der Waals surface area contributed by atoms with Crippen LogP contribution in [0.2, 0.25) is 0 Å². The number of aryl methyl sites for hydroxylation is 1. The van der Waals surface area contributed by atoms with Crippen LogP contribution < -0.4 is 5.32 Å². The van der Waals surface area contributed by atoms with E-state index in [9.17, 15) is 14.4 Å². The van der Waals surface area contributed by atoms with E-state index in [4.69, 9.17) is 0 Å². The molecule has 5 nitrogen and oxygen atoms in total. The van der Waals surface area contributed by atoms with Gasteiger partial charge in [0.25, 0.3) is 0 Å². The number of thiophene rings is 1. The second kappa shape index (κ2) is 9.08. The molecule has 1 aliphatic carbocycles. The number of Topliss-reactive ketones (excluding diaryl/α,β-unsaturated/α-hetero) is 2. The van der Waals surface area contributed by atoms with Crippen molar-refractivity contribution in [2.45, 2.75) is 51.5 Å². The van der Waals surface area contributed by atoms with E-state index in [-0.39, 0.29) is 43.2 Å². The standard InChI is InChI=1S/C18H26N2O3S/c1-13-3-9-17(24-13)16(22)8-6-15(21)7-10-18(23)19-11-12-20(2)14-4-5-14/h3,9,14H,4-8,10-12H2,1-2H3,(H,19,23). The predicted octanol–water partition coefficient (Wildman–Crippen LogP) is 2.58. The number of ketones is 2. The predicted molar refractivity (Wildman–Crippen MR) is 95.5 cm³/mol. The second-order valence-electron chi connectivity index (χ2n) is 6.43. The van der Waals surface area contributed by atoms with Crippen molar-refractivity contribution in [2.24, 2.45) is 0 Å². The zero-order valence-electron chi connectivity index (χ0n) is 14.5. The third kappa shape index (κ3) is 6.53. The maximum atomic E-state index is 11.9. The van der Waals surface area contributed by atoms with Gasteiger partial charge in [-0.3, -0.25) is 14.4 Å². The molecule has 0 radical (unpaired) electrons. The Balaban J connectivity index is 1.55. The molecule has 1 aromatic heterocycles. The monoisotopic (exact) mass is 350 g/mol. The molecule has 0 aromatic carbocycles. The molecular weight excluding hydrogens is 324 g/mol. The van der Waals surface area contributed by atoms with Crippen molar-refractivity contribution in [2.75, 3.05) is 20.1 Å². The summed E-state index contributed by atoms with van der Waals surface area (Å²) in [7, 11) is 2.07. The number of carbonyl (C=O) groups is 3. The van der Waals surface area contributed by atoms with Crippen LogP contribution in [0, 0.1) is 6.92 Å². The number of nitrogens with zero attached hydrogens (tertiary/aromatic N) is 1. The van der Waals surface area contributed by atoms with Crippen LogP contribution in [0.5, 0.6) is 0 Å². The number of rotatable bonds is 11. The number of hydrogen-bond donors (Lipinski definition) is 1. The van der Waals surface area contributed by atoms with E-state index in [2.05, 4.69) is 17.3 Å². The van der Waals surface area contributed by atoms with Crippen LogP contribution in [-0.2, 0) is 9.59 Å². The smallest absolute Gasteiger partial charge is 0.220 e. The molecule has 0 bridgehead atoms. The maximum Gasteiger partial charge on any atom is 0.220 e. The number of amides is 1. The summed E-state index contributed by atoms with van der Waals surface area (Å²) in [5.74, 6) is -0.108. The van der Waals surface area contributed by atoms with E-state index in [1.54, 1.807) is 6.07 Å². The molecule has 1 aromatic rings. The van der Waals surface area contributed by atoms with E-state index < -0.39 is 0 Å². The first kappa shape index (κ1) is 18.8. The van der Waals surface area contributed by atoms with Crippen molar-refractivity contribution < 1.29 is 14.4 Å². The summed E-state index contributed by atoms with van der Waals surface area (Å²) in [6.07, 6.45) is 3.37. The van der Waals surface area contributed by atoms with Gasteiger partial charge in [-0.05, 0) is 38.9 Å². The normalized spacial score (nSPS) is 14.0. The van der Waals surface area contributed by atoms with Crippen molar-refractivity contribution in [3.05, 3.63) is 21.9 Å². The molecule has 1 saturated carbocycles. The molecule has 2 rings (SSSR count). The fraction of sp³-hybridized carbons (Fsp3) is 0.611. The lowest BCUT2D eigenvalue weighted by Crippen LogP contribution is -2.34. The summed E-state index contributed by atoms with van der Waals surface area (Å²) < 4.78 is 0. The number of likely N-dealkylation sites (N-methyl/N-ethyl adjacent to an activating group) is 1. The van der Waals surface area contributed by atoms with Gasteiger partial charge in [-0.1, -0.05) is 0 Å². The molecule has 132 valence electrons. The van der Waals surface area contributed by atoms with Crippen LogP contribution in [-0.4, -0.2) is 48.6 Å². The molecule has 0 saturated heterocycles. The highest BCUT2D eigenvalue weighted by Crippen LogP contribution is 2.24. The van der Waals surface area contributed by atoms with Gasteiger partial charge in [0, 0.05) is 49.7 Å². The molecular formula is C18H26N2O3S. The van der Waals surface area contributed by atoms with Crippen LogP contribution in [0.3, 0.4) is 0 Å². The van der Waals surface area contributed by atoms with E-state index in [0.29, 0.717) is 17.5 Å². The Morgan fingerprint density at radius 3 is 2.50 bits per heavy atom. The van der Waals surface area contributed by atoms with Gasteiger partial charge in [0.2, 0.25) is 5.91 Å². The van der Waals surface area contributed by atoms with Crippen molar-refractivity contribution in [3.63, 3.8) is 0 Å². The van der Waals surface area contributed by atoms with E-state index in [0.717, 1.165) is 11.4 Å². The van der Waals surface area contributed by atoms with Gasteiger partial charge < -0.3 is 10.2 Å². The Bertz CT molecular complexity index is 593. The Kier molecular flexibility index (Phi) is 7.12. The molecule has 0 atom stereocenters. The van der Waals surface area contributed by atoms with Crippen LogP contribution in [0.4, 0.5) is 0 Å².